The lowest BCUT2D eigenvalue weighted by Crippen LogP contribution is -2.12. The highest BCUT2D eigenvalue weighted by atomic mass is 15.4. The molecule has 0 spiro atoms. The van der Waals surface area contributed by atoms with Gasteiger partial charge in [0.1, 0.15) is 0 Å². The topological polar surface area (TPSA) is 65.4 Å². The first kappa shape index (κ1) is 10.5. The quantitative estimate of drug-likeness (QED) is 0.756. The molecule has 0 fully saturated rings. The molecule has 1 aliphatic rings. The number of hydrogen-bond acceptors (Lipinski definition) is 4. The molecule has 1 aromatic rings. The standard InChI is InChI=1S/C12H14N4/c1-16-8-11(7-15-16)10-4-9(2-3-13)5-12(14)6-10/h4-7,11H,2,8,14H2,1H3. The Morgan fingerprint density at radius 1 is 1.56 bits per heavy atom. The van der Waals surface area contributed by atoms with E-state index in [0.717, 1.165) is 17.7 Å². The lowest BCUT2D eigenvalue weighted by Gasteiger charge is -2.12. The monoisotopic (exact) mass is 214 g/mol. The van der Waals surface area contributed by atoms with Gasteiger partial charge in [-0.1, -0.05) is 6.07 Å². The van der Waals surface area contributed by atoms with Crippen LogP contribution in [0, 0.1) is 11.3 Å². The molecular weight excluding hydrogens is 200 g/mol. The van der Waals surface area contributed by atoms with Crippen LogP contribution in [0.5, 0.6) is 0 Å². The van der Waals surface area contributed by atoms with Gasteiger partial charge in [-0.3, -0.25) is 5.01 Å². The molecule has 4 heteroatoms. The minimum absolute atomic E-state index is 0.283. The predicted molar refractivity (Wildman–Crippen MR) is 64.0 cm³/mol. The Labute approximate surface area is 95.0 Å². The van der Waals surface area contributed by atoms with E-state index in [4.69, 9.17) is 11.0 Å². The van der Waals surface area contributed by atoms with Gasteiger partial charge in [0.25, 0.3) is 0 Å². The number of nitrogen functional groups attached to an aromatic ring is 1. The zero-order valence-corrected chi connectivity index (χ0v) is 9.22. The Morgan fingerprint density at radius 3 is 3.00 bits per heavy atom. The fraction of sp³-hybridized carbons (Fsp3) is 0.333. The summed E-state index contributed by atoms with van der Waals surface area (Å²) in [7, 11) is 1.94. The molecule has 0 amide bonds. The van der Waals surface area contributed by atoms with Crippen molar-refractivity contribution in [3.05, 3.63) is 29.3 Å². The number of anilines is 1. The van der Waals surface area contributed by atoms with Gasteiger partial charge in [-0.05, 0) is 23.3 Å². The van der Waals surface area contributed by atoms with Gasteiger partial charge < -0.3 is 5.73 Å². The lowest BCUT2D eigenvalue weighted by molar-refractivity contribution is 0.381. The Hall–Kier alpha value is -2.02. The van der Waals surface area contributed by atoms with Gasteiger partial charge in [0.05, 0.1) is 12.5 Å². The zero-order valence-electron chi connectivity index (χ0n) is 9.22. The van der Waals surface area contributed by atoms with Gasteiger partial charge in [-0.2, -0.15) is 10.4 Å². The van der Waals surface area contributed by atoms with E-state index in [2.05, 4.69) is 11.2 Å². The average molecular weight is 214 g/mol. The Morgan fingerprint density at radius 2 is 2.38 bits per heavy atom. The third-order valence-electron chi connectivity index (χ3n) is 2.65. The van der Waals surface area contributed by atoms with Gasteiger partial charge in [-0.15, -0.1) is 0 Å². The van der Waals surface area contributed by atoms with E-state index in [9.17, 15) is 0 Å². The van der Waals surface area contributed by atoms with E-state index < -0.39 is 0 Å². The van der Waals surface area contributed by atoms with E-state index in [-0.39, 0.29) is 5.92 Å². The van der Waals surface area contributed by atoms with Crippen LogP contribution in [0.2, 0.25) is 0 Å². The van der Waals surface area contributed by atoms with Gasteiger partial charge in [-0.25, -0.2) is 0 Å². The summed E-state index contributed by atoms with van der Waals surface area (Å²) in [5.74, 6) is 0.283. The van der Waals surface area contributed by atoms with Crippen LogP contribution in [0.4, 0.5) is 5.69 Å². The van der Waals surface area contributed by atoms with Crippen LogP contribution in [0.1, 0.15) is 17.0 Å². The lowest BCUT2D eigenvalue weighted by atomic mass is 9.97. The summed E-state index contributed by atoms with van der Waals surface area (Å²) in [4.78, 5) is 0. The van der Waals surface area contributed by atoms with Crippen LogP contribution >= 0.6 is 0 Å². The van der Waals surface area contributed by atoms with E-state index in [1.807, 2.05) is 36.5 Å². The normalized spacial score (nSPS) is 18.8. The van der Waals surface area contributed by atoms with Crippen molar-refractivity contribution < 1.29 is 0 Å². The second-order valence-corrected chi connectivity index (χ2v) is 4.05. The van der Waals surface area contributed by atoms with Crippen molar-refractivity contribution in [2.24, 2.45) is 5.10 Å². The first-order chi connectivity index (χ1) is 7.69. The number of rotatable bonds is 2. The number of likely N-dealkylation sites (N-methyl/N-ethyl adjacent to an activating group) is 1. The summed E-state index contributed by atoms with van der Waals surface area (Å²) in [6.07, 6.45) is 2.32. The van der Waals surface area contributed by atoms with E-state index >= 15 is 0 Å². The fourth-order valence-corrected chi connectivity index (χ4v) is 1.92. The molecule has 16 heavy (non-hydrogen) atoms. The Bertz CT molecular complexity index is 459. The summed E-state index contributed by atoms with van der Waals surface area (Å²) in [6.45, 7) is 0.870. The number of nitriles is 1. The van der Waals surface area contributed by atoms with Crippen molar-refractivity contribution in [1.82, 2.24) is 5.01 Å². The van der Waals surface area contributed by atoms with Crippen molar-refractivity contribution >= 4 is 11.9 Å². The highest BCUT2D eigenvalue weighted by molar-refractivity contribution is 5.70. The molecule has 1 atom stereocenters. The number of hydrazone groups is 1. The maximum Gasteiger partial charge on any atom is 0.0669 e. The van der Waals surface area contributed by atoms with Crippen molar-refractivity contribution in [3.8, 4) is 6.07 Å². The number of nitrogens with two attached hydrogens (primary N) is 1. The molecule has 0 radical (unpaired) electrons. The molecule has 0 saturated heterocycles. The highest BCUT2D eigenvalue weighted by Crippen LogP contribution is 2.23. The molecular formula is C12H14N4. The van der Waals surface area contributed by atoms with E-state index in [1.165, 1.54) is 0 Å². The SMILES string of the molecule is CN1CC(c2cc(N)cc(CC#N)c2)C=N1. The number of nitrogens with zero attached hydrogens (tertiary/aromatic N) is 3. The van der Waals surface area contributed by atoms with Crippen molar-refractivity contribution in [1.29, 1.82) is 5.26 Å². The summed E-state index contributed by atoms with van der Waals surface area (Å²) in [5, 5.41) is 14.8. The van der Waals surface area contributed by atoms with Crippen molar-refractivity contribution in [3.63, 3.8) is 0 Å². The first-order valence-electron chi connectivity index (χ1n) is 5.20. The molecule has 1 aliphatic heterocycles. The Kier molecular flexibility index (Phi) is 2.78. The maximum absolute atomic E-state index is 8.68. The molecule has 4 nitrogen and oxygen atoms in total. The van der Waals surface area contributed by atoms with E-state index in [1.54, 1.807) is 0 Å². The molecule has 82 valence electrons. The summed E-state index contributed by atoms with van der Waals surface area (Å²) in [6, 6.07) is 7.98. The largest absolute Gasteiger partial charge is 0.399 e. The molecule has 0 aliphatic carbocycles. The molecule has 0 bridgehead atoms. The third-order valence-corrected chi connectivity index (χ3v) is 2.65. The Balaban J connectivity index is 2.28. The van der Waals surface area contributed by atoms with Gasteiger partial charge >= 0.3 is 0 Å². The number of benzene rings is 1. The second kappa shape index (κ2) is 4.23. The minimum Gasteiger partial charge on any atom is -0.399 e. The molecule has 0 aromatic heterocycles. The smallest absolute Gasteiger partial charge is 0.0669 e. The van der Waals surface area contributed by atoms with Crippen LogP contribution in [0.3, 0.4) is 0 Å². The fourth-order valence-electron chi connectivity index (χ4n) is 1.92. The molecule has 2 N–H and O–H groups in total. The first-order valence-corrected chi connectivity index (χ1v) is 5.20. The van der Waals surface area contributed by atoms with Crippen LogP contribution in [-0.4, -0.2) is 24.8 Å². The van der Waals surface area contributed by atoms with Gasteiger partial charge in [0, 0.05) is 31.4 Å². The summed E-state index contributed by atoms with van der Waals surface area (Å²) >= 11 is 0. The molecule has 1 unspecified atom stereocenters. The van der Waals surface area contributed by atoms with Crippen molar-refractivity contribution in [2.45, 2.75) is 12.3 Å². The van der Waals surface area contributed by atoms with Crippen LogP contribution in [-0.2, 0) is 6.42 Å². The summed E-state index contributed by atoms with van der Waals surface area (Å²) in [5.41, 5.74) is 8.65. The number of hydrogen-bond donors (Lipinski definition) is 1. The zero-order chi connectivity index (χ0) is 11.5. The van der Waals surface area contributed by atoms with Crippen LogP contribution < -0.4 is 5.73 Å². The van der Waals surface area contributed by atoms with Crippen LogP contribution in [0.25, 0.3) is 0 Å². The molecule has 2 rings (SSSR count). The van der Waals surface area contributed by atoms with Gasteiger partial charge in [0.15, 0.2) is 0 Å². The highest BCUT2D eigenvalue weighted by Gasteiger charge is 2.17. The maximum atomic E-state index is 8.68. The minimum atomic E-state index is 0.283. The van der Waals surface area contributed by atoms with Gasteiger partial charge in [0.2, 0.25) is 0 Å². The van der Waals surface area contributed by atoms with E-state index in [0.29, 0.717) is 12.1 Å². The molecule has 1 aromatic carbocycles. The predicted octanol–water partition coefficient (Wildman–Crippen LogP) is 1.35. The second-order valence-electron chi connectivity index (χ2n) is 4.05. The summed E-state index contributed by atoms with van der Waals surface area (Å²) < 4.78 is 0. The molecule has 0 saturated carbocycles. The third kappa shape index (κ3) is 2.14. The average Bonchev–Trinajstić information content (AvgIpc) is 2.64. The van der Waals surface area contributed by atoms with Crippen molar-refractivity contribution in [2.75, 3.05) is 19.3 Å². The molecule has 1 heterocycles. The van der Waals surface area contributed by atoms with Crippen LogP contribution in [0.15, 0.2) is 23.3 Å².